The highest BCUT2D eigenvalue weighted by Gasteiger charge is 2.24. The monoisotopic (exact) mass is 450 g/mol. The molecule has 3 aromatic rings. The number of nitrogens with one attached hydrogen (secondary N) is 1. The van der Waals surface area contributed by atoms with Crippen molar-refractivity contribution < 1.29 is 14.3 Å². The Hall–Kier alpha value is -3.39. The first kappa shape index (κ1) is 21.8. The van der Waals surface area contributed by atoms with E-state index in [4.69, 9.17) is 9.84 Å². The number of benzene rings is 1. The lowest BCUT2D eigenvalue weighted by atomic mass is 10.1. The Balaban J connectivity index is 1.42. The van der Waals surface area contributed by atoms with Crippen molar-refractivity contribution >= 4 is 29.4 Å². The van der Waals surface area contributed by atoms with Gasteiger partial charge in [-0.15, -0.1) is 11.3 Å². The maximum atomic E-state index is 12.5. The molecule has 0 atom stereocenters. The van der Waals surface area contributed by atoms with Gasteiger partial charge in [-0.25, -0.2) is 9.48 Å². The van der Waals surface area contributed by atoms with Crippen LogP contribution in [0.5, 0.6) is 0 Å². The third-order valence-electron chi connectivity index (χ3n) is 5.30. The number of carbonyl (C=O) groups excluding carboxylic acids is 2. The van der Waals surface area contributed by atoms with Crippen molar-refractivity contribution in [1.82, 2.24) is 20.0 Å². The van der Waals surface area contributed by atoms with Gasteiger partial charge in [-0.1, -0.05) is 24.3 Å². The average molecular weight is 451 g/mol. The van der Waals surface area contributed by atoms with Crippen molar-refractivity contribution in [2.75, 3.05) is 19.7 Å². The summed E-state index contributed by atoms with van der Waals surface area (Å²) in [6.45, 7) is 3.33. The fraction of sp³-hybridized carbons (Fsp3) is 0.292. The number of nitrogens with zero attached hydrogens (tertiary/aromatic N) is 3. The van der Waals surface area contributed by atoms with Crippen molar-refractivity contribution in [2.24, 2.45) is 0 Å². The zero-order valence-corrected chi connectivity index (χ0v) is 18.8. The summed E-state index contributed by atoms with van der Waals surface area (Å²) in [5.41, 5.74) is 2.68. The summed E-state index contributed by atoms with van der Waals surface area (Å²) in [7, 11) is 0. The predicted octanol–water partition coefficient (Wildman–Crippen LogP) is 4.35. The van der Waals surface area contributed by atoms with Gasteiger partial charge in [-0.3, -0.25) is 4.79 Å². The molecule has 2 aromatic heterocycles. The molecule has 0 radical (unpaired) electrons. The molecule has 7 nitrogen and oxygen atoms in total. The molecular weight excluding hydrogens is 424 g/mol. The molecule has 0 saturated carbocycles. The smallest absolute Gasteiger partial charge is 0.409 e. The molecule has 0 spiro atoms. The van der Waals surface area contributed by atoms with Gasteiger partial charge in [0.25, 0.3) is 0 Å². The Morgan fingerprint density at radius 2 is 1.97 bits per heavy atom. The van der Waals surface area contributed by atoms with E-state index in [0.29, 0.717) is 32.5 Å². The Kier molecular flexibility index (Phi) is 7.01. The SMILES string of the molecule is CCOC(=O)N1CCC(NC(=O)C=Cc2cn(-c3ccccc3)nc2-c2cccs2)CC1. The van der Waals surface area contributed by atoms with Gasteiger partial charge in [0.2, 0.25) is 5.91 Å². The summed E-state index contributed by atoms with van der Waals surface area (Å²) in [6, 6.07) is 14.0. The normalized spacial score (nSPS) is 14.6. The lowest BCUT2D eigenvalue weighted by molar-refractivity contribution is -0.117. The highest BCUT2D eigenvalue weighted by atomic mass is 32.1. The summed E-state index contributed by atoms with van der Waals surface area (Å²) in [6.07, 6.45) is 6.45. The van der Waals surface area contributed by atoms with Crippen LogP contribution in [0.15, 0.2) is 60.1 Å². The molecule has 1 N–H and O–H groups in total. The zero-order valence-electron chi connectivity index (χ0n) is 17.9. The van der Waals surface area contributed by atoms with Gasteiger partial charge in [0, 0.05) is 37.0 Å². The van der Waals surface area contributed by atoms with Crippen molar-refractivity contribution in [2.45, 2.75) is 25.8 Å². The minimum atomic E-state index is -0.284. The maximum absolute atomic E-state index is 12.5. The summed E-state index contributed by atoms with van der Waals surface area (Å²) in [4.78, 5) is 27.1. The minimum absolute atomic E-state index is 0.0432. The molecule has 8 heteroatoms. The Labute approximate surface area is 191 Å². The zero-order chi connectivity index (χ0) is 22.3. The number of carbonyl (C=O) groups is 2. The molecule has 0 unspecified atom stereocenters. The molecule has 3 heterocycles. The van der Waals surface area contributed by atoms with Crippen LogP contribution in [0.3, 0.4) is 0 Å². The van der Waals surface area contributed by atoms with Gasteiger partial charge >= 0.3 is 6.09 Å². The van der Waals surface area contributed by atoms with Crippen LogP contribution in [0.4, 0.5) is 4.79 Å². The molecule has 0 bridgehead atoms. The topological polar surface area (TPSA) is 76.5 Å². The standard InChI is InChI=1S/C24H26N4O3S/c1-2-31-24(30)27-14-12-19(13-15-27)25-22(29)11-10-18-17-28(20-7-4-3-5-8-20)26-23(18)21-9-6-16-32-21/h3-11,16-17,19H,2,12-15H2,1H3,(H,25,29). The molecule has 2 amide bonds. The van der Waals surface area contributed by atoms with Gasteiger partial charge in [-0.2, -0.15) is 5.10 Å². The number of thiophene rings is 1. The van der Waals surface area contributed by atoms with E-state index in [-0.39, 0.29) is 18.0 Å². The second-order valence-corrected chi connectivity index (χ2v) is 8.44. The summed E-state index contributed by atoms with van der Waals surface area (Å²) in [5, 5.41) is 9.81. The van der Waals surface area contributed by atoms with E-state index in [1.54, 1.807) is 29.2 Å². The maximum Gasteiger partial charge on any atom is 0.409 e. The van der Waals surface area contributed by atoms with Crippen LogP contribution >= 0.6 is 11.3 Å². The number of para-hydroxylation sites is 1. The number of rotatable bonds is 6. The van der Waals surface area contributed by atoms with Crippen LogP contribution in [0.25, 0.3) is 22.3 Å². The van der Waals surface area contributed by atoms with Gasteiger partial charge in [0.15, 0.2) is 0 Å². The van der Waals surface area contributed by atoms with Crippen molar-refractivity contribution in [1.29, 1.82) is 0 Å². The Morgan fingerprint density at radius 3 is 2.66 bits per heavy atom. The number of likely N-dealkylation sites (tertiary alicyclic amines) is 1. The van der Waals surface area contributed by atoms with Gasteiger partial charge in [-0.05, 0) is 49.4 Å². The predicted molar refractivity (Wildman–Crippen MR) is 126 cm³/mol. The van der Waals surface area contributed by atoms with E-state index in [9.17, 15) is 9.59 Å². The third kappa shape index (κ3) is 5.26. The van der Waals surface area contributed by atoms with Gasteiger partial charge in [0.05, 0.1) is 17.2 Å². The highest BCUT2D eigenvalue weighted by Crippen LogP contribution is 2.28. The van der Waals surface area contributed by atoms with E-state index >= 15 is 0 Å². The highest BCUT2D eigenvalue weighted by molar-refractivity contribution is 7.13. The second-order valence-electron chi connectivity index (χ2n) is 7.49. The molecule has 4 rings (SSSR count). The second kappa shape index (κ2) is 10.3. The molecule has 1 fully saturated rings. The molecule has 1 aliphatic heterocycles. The van der Waals surface area contributed by atoms with E-state index in [0.717, 1.165) is 21.8 Å². The number of ether oxygens (including phenoxy) is 1. The third-order valence-corrected chi connectivity index (χ3v) is 6.18. The van der Waals surface area contributed by atoms with Gasteiger partial charge in [0.1, 0.15) is 5.69 Å². The van der Waals surface area contributed by atoms with E-state index < -0.39 is 0 Å². The first-order chi connectivity index (χ1) is 15.6. The molecule has 1 aromatic carbocycles. The average Bonchev–Trinajstić information content (AvgIpc) is 3.49. The van der Waals surface area contributed by atoms with Crippen LogP contribution < -0.4 is 5.32 Å². The Bertz CT molecular complexity index is 1070. The van der Waals surface area contributed by atoms with Crippen LogP contribution in [-0.2, 0) is 9.53 Å². The number of hydrogen-bond acceptors (Lipinski definition) is 5. The molecule has 0 aliphatic carbocycles. The largest absolute Gasteiger partial charge is 0.450 e. The van der Waals surface area contributed by atoms with Crippen molar-refractivity contribution in [3.8, 4) is 16.3 Å². The van der Waals surface area contributed by atoms with Crippen LogP contribution in [0.2, 0.25) is 0 Å². The Morgan fingerprint density at radius 1 is 1.19 bits per heavy atom. The number of hydrogen-bond donors (Lipinski definition) is 1. The van der Waals surface area contributed by atoms with Crippen molar-refractivity contribution in [3.63, 3.8) is 0 Å². The summed E-state index contributed by atoms with van der Waals surface area (Å²) >= 11 is 1.61. The fourth-order valence-electron chi connectivity index (χ4n) is 3.66. The quantitative estimate of drug-likeness (QED) is 0.567. The molecule has 1 saturated heterocycles. The fourth-order valence-corrected chi connectivity index (χ4v) is 4.39. The van der Waals surface area contributed by atoms with E-state index in [1.165, 1.54) is 0 Å². The van der Waals surface area contributed by atoms with Crippen molar-refractivity contribution in [3.05, 3.63) is 65.7 Å². The molecular formula is C24H26N4O3S. The first-order valence-corrected chi connectivity index (χ1v) is 11.6. The van der Waals surface area contributed by atoms with Crippen LogP contribution in [-0.4, -0.2) is 52.4 Å². The van der Waals surface area contributed by atoms with Crippen LogP contribution in [0.1, 0.15) is 25.3 Å². The molecule has 166 valence electrons. The molecule has 32 heavy (non-hydrogen) atoms. The number of amides is 2. The first-order valence-electron chi connectivity index (χ1n) is 10.7. The minimum Gasteiger partial charge on any atom is -0.450 e. The number of piperidine rings is 1. The summed E-state index contributed by atoms with van der Waals surface area (Å²) in [5.74, 6) is -0.149. The number of aromatic nitrogens is 2. The summed E-state index contributed by atoms with van der Waals surface area (Å²) < 4.78 is 6.87. The lowest BCUT2D eigenvalue weighted by Gasteiger charge is -2.31. The molecule has 1 aliphatic rings. The van der Waals surface area contributed by atoms with E-state index in [1.807, 2.05) is 64.8 Å². The van der Waals surface area contributed by atoms with E-state index in [2.05, 4.69) is 5.32 Å². The van der Waals surface area contributed by atoms with Crippen LogP contribution in [0, 0.1) is 0 Å². The lowest BCUT2D eigenvalue weighted by Crippen LogP contribution is -2.46. The van der Waals surface area contributed by atoms with Gasteiger partial charge < -0.3 is 15.0 Å².